The van der Waals surface area contributed by atoms with E-state index in [0.29, 0.717) is 12.5 Å². The molecular weight excluding hydrogens is 308 g/mol. The van der Waals surface area contributed by atoms with Crippen LogP contribution in [0.5, 0.6) is 0 Å². The van der Waals surface area contributed by atoms with Gasteiger partial charge in [0.1, 0.15) is 0 Å². The molecule has 0 spiro atoms. The lowest BCUT2D eigenvalue weighted by Gasteiger charge is -2.37. The van der Waals surface area contributed by atoms with Gasteiger partial charge in [0.15, 0.2) is 0 Å². The van der Waals surface area contributed by atoms with Gasteiger partial charge in [-0.2, -0.15) is 0 Å². The van der Waals surface area contributed by atoms with Crippen LogP contribution in [0.2, 0.25) is 0 Å². The number of benzene rings is 1. The van der Waals surface area contributed by atoms with Crippen LogP contribution in [-0.4, -0.2) is 18.5 Å². The van der Waals surface area contributed by atoms with Crippen LogP contribution in [-0.2, 0) is 10.2 Å². The quantitative estimate of drug-likeness (QED) is 0.865. The zero-order valence-electron chi connectivity index (χ0n) is 14.0. The third-order valence-corrected chi connectivity index (χ3v) is 5.53. The SMILES string of the molecule is Cc1ccccc1C1(C(=O)NCC(N)C2CC2)CCCCC1.Cl. The van der Waals surface area contributed by atoms with Crippen LogP contribution in [0.4, 0.5) is 0 Å². The molecule has 1 aromatic carbocycles. The van der Waals surface area contributed by atoms with Gasteiger partial charge in [-0.15, -0.1) is 12.4 Å². The molecule has 0 saturated heterocycles. The number of aryl methyl sites for hydroxylation is 1. The minimum Gasteiger partial charge on any atom is -0.354 e. The molecule has 3 nitrogen and oxygen atoms in total. The zero-order chi connectivity index (χ0) is 15.6. The van der Waals surface area contributed by atoms with Gasteiger partial charge in [0.25, 0.3) is 0 Å². The number of carbonyl (C=O) groups excluding carboxylic acids is 1. The van der Waals surface area contributed by atoms with E-state index in [2.05, 4.69) is 36.5 Å². The summed E-state index contributed by atoms with van der Waals surface area (Å²) in [4.78, 5) is 13.1. The number of hydrogen-bond donors (Lipinski definition) is 2. The summed E-state index contributed by atoms with van der Waals surface area (Å²) >= 11 is 0. The lowest BCUT2D eigenvalue weighted by molar-refractivity contribution is -0.128. The van der Waals surface area contributed by atoms with Crippen molar-refractivity contribution in [1.82, 2.24) is 5.32 Å². The van der Waals surface area contributed by atoms with Gasteiger partial charge in [-0.05, 0) is 49.7 Å². The maximum Gasteiger partial charge on any atom is 0.230 e. The van der Waals surface area contributed by atoms with Gasteiger partial charge in [-0.25, -0.2) is 0 Å². The predicted molar refractivity (Wildman–Crippen MR) is 96.9 cm³/mol. The highest BCUT2D eigenvalue weighted by molar-refractivity contribution is 5.88. The number of carbonyl (C=O) groups is 1. The van der Waals surface area contributed by atoms with Crippen molar-refractivity contribution in [1.29, 1.82) is 0 Å². The molecule has 1 aromatic rings. The average Bonchev–Trinajstić information content (AvgIpc) is 3.38. The molecule has 3 rings (SSSR count). The van der Waals surface area contributed by atoms with Crippen molar-refractivity contribution in [3.8, 4) is 0 Å². The topological polar surface area (TPSA) is 55.1 Å². The van der Waals surface area contributed by atoms with E-state index in [1.807, 2.05) is 0 Å². The second-order valence-electron chi connectivity index (χ2n) is 7.17. The molecule has 1 amide bonds. The molecule has 23 heavy (non-hydrogen) atoms. The summed E-state index contributed by atoms with van der Waals surface area (Å²) in [5.74, 6) is 0.818. The average molecular weight is 337 g/mol. The molecule has 1 atom stereocenters. The van der Waals surface area contributed by atoms with Crippen molar-refractivity contribution in [2.75, 3.05) is 6.54 Å². The van der Waals surface area contributed by atoms with Crippen LogP contribution in [0.3, 0.4) is 0 Å². The fourth-order valence-electron chi connectivity index (χ4n) is 3.95. The lowest BCUT2D eigenvalue weighted by Crippen LogP contribution is -2.49. The molecule has 0 radical (unpaired) electrons. The van der Waals surface area contributed by atoms with Crippen molar-refractivity contribution in [3.05, 3.63) is 35.4 Å². The molecule has 0 aromatic heterocycles. The highest BCUT2D eigenvalue weighted by Crippen LogP contribution is 2.41. The van der Waals surface area contributed by atoms with E-state index in [1.165, 1.54) is 30.4 Å². The van der Waals surface area contributed by atoms with E-state index < -0.39 is 0 Å². The van der Waals surface area contributed by atoms with E-state index in [4.69, 9.17) is 5.73 Å². The first-order valence-electron chi connectivity index (χ1n) is 8.73. The minimum absolute atomic E-state index is 0. The Morgan fingerprint density at radius 3 is 2.52 bits per heavy atom. The van der Waals surface area contributed by atoms with E-state index >= 15 is 0 Å². The van der Waals surface area contributed by atoms with Gasteiger partial charge >= 0.3 is 0 Å². The number of hydrogen-bond acceptors (Lipinski definition) is 2. The molecule has 2 aliphatic rings. The van der Waals surface area contributed by atoms with Crippen LogP contribution in [0, 0.1) is 12.8 Å². The number of nitrogens with one attached hydrogen (secondary N) is 1. The van der Waals surface area contributed by atoms with E-state index in [-0.39, 0.29) is 29.8 Å². The van der Waals surface area contributed by atoms with Crippen LogP contribution in [0.15, 0.2) is 24.3 Å². The van der Waals surface area contributed by atoms with Crippen LogP contribution in [0.25, 0.3) is 0 Å². The number of halogens is 1. The summed E-state index contributed by atoms with van der Waals surface area (Å²) in [6.45, 7) is 2.74. The van der Waals surface area contributed by atoms with Gasteiger partial charge in [-0.3, -0.25) is 4.79 Å². The zero-order valence-corrected chi connectivity index (χ0v) is 14.8. The molecule has 128 valence electrons. The molecule has 2 saturated carbocycles. The van der Waals surface area contributed by atoms with Crippen molar-refractivity contribution in [2.24, 2.45) is 11.7 Å². The lowest BCUT2D eigenvalue weighted by atomic mass is 9.67. The number of amides is 1. The molecule has 0 bridgehead atoms. The summed E-state index contributed by atoms with van der Waals surface area (Å²) in [6.07, 6.45) is 7.88. The van der Waals surface area contributed by atoms with Crippen LogP contribution >= 0.6 is 12.4 Å². The Labute approximate surface area is 145 Å². The first-order valence-corrected chi connectivity index (χ1v) is 8.73. The smallest absolute Gasteiger partial charge is 0.230 e. The summed E-state index contributed by atoms with van der Waals surface area (Å²) < 4.78 is 0. The summed E-state index contributed by atoms with van der Waals surface area (Å²) in [6, 6.07) is 8.50. The molecule has 2 aliphatic carbocycles. The largest absolute Gasteiger partial charge is 0.354 e. The van der Waals surface area contributed by atoms with Gasteiger partial charge in [-0.1, -0.05) is 43.5 Å². The summed E-state index contributed by atoms with van der Waals surface area (Å²) in [5, 5.41) is 3.18. The predicted octanol–water partition coefficient (Wildman–Crippen LogP) is 3.47. The fraction of sp³-hybridized carbons (Fsp3) is 0.632. The van der Waals surface area contributed by atoms with Crippen molar-refractivity contribution in [2.45, 2.75) is 63.3 Å². The molecule has 2 fully saturated rings. The molecule has 0 heterocycles. The minimum atomic E-state index is -0.340. The Bertz CT molecular complexity index is 536. The van der Waals surface area contributed by atoms with Crippen molar-refractivity contribution in [3.63, 3.8) is 0 Å². The first kappa shape index (κ1) is 18.3. The second-order valence-corrected chi connectivity index (χ2v) is 7.17. The monoisotopic (exact) mass is 336 g/mol. The molecule has 0 aliphatic heterocycles. The number of rotatable bonds is 5. The standard InChI is InChI=1S/C19H28N2O.ClH/c1-14-7-3-4-8-16(14)19(11-5-2-6-12-19)18(22)21-13-17(20)15-9-10-15;/h3-4,7-8,15,17H,2,5-6,9-13,20H2,1H3,(H,21,22);1H. The highest BCUT2D eigenvalue weighted by Gasteiger charge is 2.42. The van der Waals surface area contributed by atoms with Crippen molar-refractivity contribution < 1.29 is 4.79 Å². The van der Waals surface area contributed by atoms with Gasteiger partial charge in [0.05, 0.1) is 5.41 Å². The third-order valence-electron chi connectivity index (χ3n) is 5.53. The van der Waals surface area contributed by atoms with Gasteiger partial charge in [0, 0.05) is 12.6 Å². The maximum atomic E-state index is 13.1. The Morgan fingerprint density at radius 2 is 1.91 bits per heavy atom. The van der Waals surface area contributed by atoms with E-state index in [0.717, 1.165) is 25.7 Å². The van der Waals surface area contributed by atoms with Gasteiger partial charge < -0.3 is 11.1 Å². The Balaban J connectivity index is 0.00000192. The van der Waals surface area contributed by atoms with Crippen LogP contribution in [0.1, 0.15) is 56.1 Å². The Hall–Kier alpha value is -1.06. The summed E-state index contributed by atoms with van der Waals surface area (Å²) in [5.41, 5.74) is 8.26. The Kier molecular flexibility index (Phi) is 6.10. The highest BCUT2D eigenvalue weighted by atomic mass is 35.5. The molecule has 1 unspecified atom stereocenters. The Morgan fingerprint density at radius 1 is 1.26 bits per heavy atom. The fourth-order valence-corrected chi connectivity index (χ4v) is 3.95. The first-order chi connectivity index (χ1) is 10.6. The van der Waals surface area contributed by atoms with E-state index in [9.17, 15) is 4.79 Å². The number of nitrogens with two attached hydrogens (primary N) is 1. The second kappa shape index (κ2) is 7.67. The van der Waals surface area contributed by atoms with Crippen molar-refractivity contribution >= 4 is 18.3 Å². The molecular formula is C19H29ClN2O. The maximum absolute atomic E-state index is 13.1. The molecule has 3 N–H and O–H groups in total. The molecule has 4 heteroatoms. The van der Waals surface area contributed by atoms with Crippen LogP contribution < -0.4 is 11.1 Å². The third kappa shape index (κ3) is 3.89. The van der Waals surface area contributed by atoms with E-state index in [1.54, 1.807) is 0 Å². The van der Waals surface area contributed by atoms with Gasteiger partial charge in [0.2, 0.25) is 5.91 Å². The summed E-state index contributed by atoms with van der Waals surface area (Å²) in [7, 11) is 0. The normalized spacial score (nSPS) is 21.1.